The standard InChI is InChI=1S/C21H19N3O2S/c1-14(17-8-4-6-15-5-2-3-7-18(15)17)22-19(25)9-10-20-23-24-21(26-20)16-11-12-27-13-16/h2-8,11-14H,9-10H2,1H3,(H,22,25). The van der Waals surface area contributed by atoms with Crippen LogP contribution in [0.3, 0.4) is 0 Å². The van der Waals surface area contributed by atoms with Crippen molar-refractivity contribution < 1.29 is 9.21 Å². The van der Waals surface area contributed by atoms with Crippen LogP contribution in [-0.2, 0) is 11.2 Å². The van der Waals surface area contributed by atoms with Gasteiger partial charge in [0.15, 0.2) is 0 Å². The number of nitrogens with zero attached hydrogens (tertiary/aromatic N) is 2. The van der Waals surface area contributed by atoms with E-state index in [1.54, 1.807) is 11.3 Å². The van der Waals surface area contributed by atoms with Gasteiger partial charge in [0.1, 0.15) is 0 Å². The minimum Gasteiger partial charge on any atom is -0.421 e. The van der Waals surface area contributed by atoms with Gasteiger partial charge in [0.2, 0.25) is 17.7 Å². The number of carbonyl (C=O) groups excluding carboxylic acids is 1. The van der Waals surface area contributed by atoms with Crippen molar-refractivity contribution in [1.82, 2.24) is 15.5 Å². The van der Waals surface area contributed by atoms with Crippen LogP contribution in [0.5, 0.6) is 0 Å². The molecule has 2 heterocycles. The van der Waals surface area contributed by atoms with Gasteiger partial charge in [-0.25, -0.2) is 0 Å². The average molecular weight is 377 g/mol. The van der Waals surface area contributed by atoms with E-state index in [2.05, 4.69) is 39.8 Å². The number of rotatable bonds is 6. The molecule has 1 N–H and O–H groups in total. The largest absolute Gasteiger partial charge is 0.421 e. The van der Waals surface area contributed by atoms with Crippen molar-refractivity contribution in [3.63, 3.8) is 0 Å². The second-order valence-electron chi connectivity index (χ2n) is 6.37. The Morgan fingerprint density at radius 3 is 2.85 bits per heavy atom. The maximum absolute atomic E-state index is 12.4. The summed E-state index contributed by atoms with van der Waals surface area (Å²) in [6.45, 7) is 2.00. The van der Waals surface area contributed by atoms with Crippen molar-refractivity contribution in [3.8, 4) is 11.5 Å². The van der Waals surface area contributed by atoms with Crippen LogP contribution in [0.4, 0.5) is 0 Å². The number of hydrogen-bond donors (Lipinski definition) is 1. The molecule has 0 aliphatic rings. The SMILES string of the molecule is CC(NC(=O)CCc1nnc(-c2ccsc2)o1)c1cccc2ccccc12. The van der Waals surface area contributed by atoms with E-state index in [0.29, 0.717) is 24.6 Å². The van der Waals surface area contributed by atoms with Gasteiger partial charge in [-0.2, -0.15) is 11.3 Å². The number of amides is 1. The summed E-state index contributed by atoms with van der Waals surface area (Å²) in [6, 6.07) is 16.2. The molecule has 0 aliphatic heterocycles. The van der Waals surface area contributed by atoms with E-state index in [4.69, 9.17) is 4.42 Å². The number of hydrogen-bond acceptors (Lipinski definition) is 5. The van der Waals surface area contributed by atoms with Crippen molar-refractivity contribution in [2.75, 3.05) is 0 Å². The fraction of sp³-hybridized carbons (Fsp3) is 0.190. The van der Waals surface area contributed by atoms with Crippen LogP contribution in [0.15, 0.2) is 63.7 Å². The van der Waals surface area contributed by atoms with Gasteiger partial charge in [-0.05, 0) is 34.7 Å². The number of nitrogens with one attached hydrogen (secondary N) is 1. The van der Waals surface area contributed by atoms with Crippen LogP contribution in [-0.4, -0.2) is 16.1 Å². The van der Waals surface area contributed by atoms with E-state index >= 15 is 0 Å². The summed E-state index contributed by atoms with van der Waals surface area (Å²) in [5.74, 6) is 0.936. The van der Waals surface area contributed by atoms with Crippen LogP contribution >= 0.6 is 11.3 Å². The molecule has 4 aromatic rings. The monoisotopic (exact) mass is 377 g/mol. The number of thiophene rings is 1. The highest BCUT2D eigenvalue weighted by molar-refractivity contribution is 7.08. The van der Waals surface area contributed by atoms with Gasteiger partial charge >= 0.3 is 0 Å². The number of carbonyl (C=O) groups is 1. The third-order valence-corrected chi connectivity index (χ3v) is 5.15. The third-order valence-electron chi connectivity index (χ3n) is 4.47. The Labute approximate surface area is 161 Å². The highest BCUT2D eigenvalue weighted by Gasteiger charge is 2.14. The Hall–Kier alpha value is -2.99. The molecule has 5 nitrogen and oxygen atoms in total. The van der Waals surface area contributed by atoms with Crippen molar-refractivity contribution in [3.05, 3.63) is 70.7 Å². The first-order chi connectivity index (χ1) is 13.2. The minimum atomic E-state index is -0.0762. The second-order valence-corrected chi connectivity index (χ2v) is 7.15. The molecular weight excluding hydrogens is 358 g/mol. The number of benzene rings is 2. The fourth-order valence-corrected chi connectivity index (χ4v) is 3.73. The lowest BCUT2D eigenvalue weighted by molar-refractivity contribution is -0.121. The van der Waals surface area contributed by atoms with E-state index in [1.807, 2.05) is 41.9 Å². The molecule has 0 fully saturated rings. The van der Waals surface area contributed by atoms with E-state index in [-0.39, 0.29) is 11.9 Å². The summed E-state index contributed by atoms with van der Waals surface area (Å²) in [5.41, 5.74) is 2.02. The van der Waals surface area contributed by atoms with Gasteiger partial charge < -0.3 is 9.73 Å². The summed E-state index contributed by atoms with van der Waals surface area (Å²) in [5, 5.41) is 17.4. The Balaban J connectivity index is 1.38. The van der Waals surface area contributed by atoms with E-state index in [9.17, 15) is 4.79 Å². The molecule has 1 atom stereocenters. The molecule has 4 rings (SSSR count). The molecule has 0 saturated carbocycles. The number of aryl methyl sites for hydroxylation is 1. The molecule has 136 valence electrons. The summed E-state index contributed by atoms with van der Waals surface area (Å²) in [4.78, 5) is 12.4. The molecule has 6 heteroatoms. The van der Waals surface area contributed by atoms with Crippen LogP contribution in [0.25, 0.3) is 22.2 Å². The first kappa shape index (κ1) is 17.4. The van der Waals surface area contributed by atoms with Crippen molar-refractivity contribution in [1.29, 1.82) is 0 Å². The molecule has 1 amide bonds. The van der Waals surface area contributed by atoms with Gasteiger partial charge in [-0.15, -0.1) is 10.2 Å². The van der Waals surface area contributed by atoms with Gasteiger partial charge in [0.05, 0.1) is 6.04 Å². The van der Waals surface area contributed by atoms with Gasteiger partial charge in [-0.3, -0.25) is 4.79 Å². The number of fused-ring (bicyclic) bond motifs is 1. The summed E-state index contributed by atoms with van der Waals surface area (Å²) in [7, 11) is 0. The lowest BCUT2D eigenvalue weighted by Gasteiger charge is -2.16. The predicted octanol–water partition coefficient (Wildman–Crippen LogP) is 4.76. The molecule has 1 unspecified atom stereocenters. The lowest BCUT2D eigenvalue weighted by atomic mass is 9.99. The maximum atomic E-state index is 12.4. The molecule has 0 spiro atoms. The lowest BCUT2D eigenvalue weighted by Crippen LogP contribution is -2.27. The molecule has 0 bridgehead atoms. The van der Waals surface area contributed by atoms with E-state index in [1.165, 1.54) is 5.39 Å². The van der Waals surface area contributed by atoms with Crippen molar-refractivity contribution in [2.24, 2.45) is 0 Å². The van der Waals surface area contributed by atoms with Gasteiger partial charge in [0.25, 0.3) is 0 Å². The summed E-state index contributed by atoms with van der Waals surface area (Å²) >= 11 is 1.58. The molecule has 0 saturated heterocycles. The Morgan fingerprint density at radius 2 is 2.00 bits per heavy atom. The normalized spacial score (nSPS) is 12.2. The minimum absolute atomic E-state index is 0.0364. The molecule has 2 aromatic heterocycles. The zero-order valence-electron chi connectivity index (χ0n) is 14.9. The first-order valence-corrected chi connectivity index (χ1v) is 9.77. The summed E-state index contributed by atoms with van der Waals surface area (Å²) in [6.07, 6.45) is 0.728. The Kier molecular flexibility index (Phi) is 4.98. The Morgan fingerprint density at radius 1 is 1.15 bits per heavy atom. The molecule has 0 radical (unpaired) electrons. The number of aromatic nitrogens is 2. The summed E-state index contributed by atoms with van der Waals surface area (Å²) < 4.78 is 5.63. The van der Waals surface area contributed by atoms with Crippen LogP contribution < -0.4 is 5.32 Å². The predicted molar refractivity (Wildman–Crippen MR) is 106 cm³/mol. The smallest absolute Gasteiger partial charge is 0.248 e. The quantitative estimate of drug-likeness (QED) is 0.526. The van der Waals surface area contributed by atoms with Crippen LogP contribution in [0.1, 0.15) is 30.8 Å². The molecule has 2 aromatic carbocycles. The van der Waals surface area contributed by atoms with Gasteiger partial charge in [-0.1, -0.05) is 42.5 Å². The third kappa shape index (κ3) is 3.90. The fourth-order valence-electron chi connectivity index (χ4n) is 3.10. The average Bonchev–Trinajstić information content (AvgIpc) is 3.37. The van der Waals surface area contributed by atoms with E-state index in [0.717, 1.165) is 16.5 Å². The van der Waals surface area contributed by atoms with Gasteiger partial charge in [0, 0.05) is 23.8 Å². The molecule has 0 aliphatic carbocycles. The topological polar surface area (TPSA) is 68.0 Å². The highest BCUT2D eigenvalue weighted by Crippen LogP contribution is 2.24. The van der Waals surface area contributed by atoms with Crippen molar-refractivity contribution in [2.45, 2.75) is 25.8 Å². The Bertz CT molecular complexity index is 1050. The van der Waals surface area contributed by atoms with E-state index < -0.39 is 0 Å². The highest BCUT2D eigenvalue weighted by atomic mass is 32.1. The van der Waals surface area contributed by atoms with Crippen LogP contribution in [0.2, 0.25) is 0 Å². The molecule has 27 heavy (non-hydrogen) atoms. The van der Waals surface area contributed by atoms with Crippen molar-refractivity contribution >= 4 is 28.0 Å². The maximum Gasteiger partial charge on any atom is 0.248 e. The molecular formula is C21H19N3O2S. The zero-order chi connectivity index (χ0) is 18.6. The first-order valence-electron chi connectivity index (χ1n) is 8.82. The van der Waals surface area contributed by atoms with Crippen LogP contribution in [0, 0.1) is 0 Å². The second kappa shape index (κ2) is 7.72. The zero-order valence-corrected chi connectivity index (χ0v) is 15.7.